The Labute approximate surface area is 210 Å². The Bertz CT molecular complexity index is 1530. The number of halogens is 5. The number of hydrogen-bond donors (Lipinski definition) is 0. The molecule has 1 aliphatic rings. The van der Waals surface area contributed by atoms with Crippen LogP contribution in [0.15, 0.2) is 47.5 Å². The molecule has 3 aromatic heterocycles. The van der Waals surface area contributed by atoms with Gasteiger partial charge in [0.2, 0.25) is 0 Å². The lowest BCUT2D eigenvalue weighted by molar-refractivity contribution is -0.747. The fourth-order valence-corrected chi connectivity index (χ4v) is 5.70. The maximum Gasteiger partial charge on any atom is 0.417 e. The zero-order valence-corrected chi connectivity index (χ0v) is 20.3. The van der Waals surface area contributed by atoms with Gasteiger partial charge in [0, 0.05) is 24.4 Å². The van der Waals surface area contributed by atoms with Gasteiger partial charge in [-0.25, -0.2) is 14.3 Å². The molecule has 0 aliphatic carbocycles. The third kappa shape index (κ3) is 4.09. The fraction of sp³-hybridized carbons (Fsp3) is 0.217. The third-order valence-electron chi connectivity index (χ3n) is 5.99. The van der Waals surface area contributed by atoms with Crippen LogP contribution in [0.25, 0.3) is 22.4 Å². The molecule has 1 aliphatic heterocycles. The predicted octanol–water partition coefficient (Wildman–Crippen LogP) is 4.79. The van der Waals surface area contributed by atoms with Gasteiger partial charge >= 0.3 is 11.7 Å². The van der Waals surface area contributed by atoms with E-state index in [4.69, 9.17) is 23.2 Å². The molecule has 180 valence electrons. The van der Waals surface area contributed by atoms with Crippen molar-refractivity contribution in [2.75, 3.05) is 0 Å². The molecule has 4 heterocycles. The summed E-state index contributed by atoms with van der Waals surface area (Å²) in [5.41, 5.74) is -0.691. The van der Waals surface area contributed by atoms with Crippen LogP contribution in [0.5, 0.6) is 5.88 Å². The first-order valence-corrected chi connectivity index (χ1v) is 11.9. The molecule has 0 saturated carbocycles. The Morgan fingerprint density at radius 3 is 2.57 bits per heavy atom. The lowest BCUT2D eigenvalue weighted by Gasteiger charge is -2.20. The van der Waals surface area contributed by atoms with E-state index in [1.807, 2.05) is 0 Å². The van der Waals surface area contributed by atoms with Gasteiger partial charge in [-0.3, -0.25) is 4.98 Å². The Hall–Kier alpha value is -2.95. The van der Waals surface area contributed by atoms with Crippen molar-refractivity contribution in [3.8, 4) is 28.3 Å². The third-order valence-corrected chi connectivity index (χ3v) is 7.49. The molecule has 6 nitrogen and oxygen atoms in total. The molecule has 5 rings (SSSR count). The Kier molecular flexibility index (Phi) is 5.85. The summed E-state index contributed by atoms with van der Waals surface area (Å²) in [5, 5.41) is 13.4. The van der Waals surface area contributed by atoms with E-state index in [0.717, 1.165) is 10.9 Å². The summed E-state index contributed by atoms with van der Waals surface area (Å²) >= 11 is 13.4. The number of thiazole rings is 1. The first-order chi connectivity index (χ1) is 16.6. The molecular weight excluding hydrogens is 524 g/mol. The average Bonchev–Trinajstić information content (AvgIpc) is 3.44. The fourth-order valence-electron chi connectivity index (χ4n) is 4.34. The van der Waals surface area contributed by atoms with Gasteiger partial charge in [-0.1, -0.05) is 41.4 Å². The first-order valence-electron chi connectivity index (χ1n) is 10.4. The minimum absolute atomic E-state index is 0.0522. The molecule has 0 spiro atoms. The maximum absolute atomic E-state index is 13.6. The van der Waals surface area contributed by atoms with Gasteiger partial charge in [0.05, 0.1) is 40.5 Å². The van der Waals surface area contributed by atoms with Crippen LogP contribution in [0.2, 0.25) is 9.49 Å². The van der Waals surface area contributed by atoms with Crippen molar-refractivity contribution in [2.45, 2.75) is 25.1 Å². The summed E-state index contributed by atoms with van der Waals surface area (Å²) in [7, 11) is 1.61. The number of fused-ring (bicyclic) bond motifs is 1. The lowest BCUT2D eigenvalue weighted by Crippen LogP contribution is -2.47. The van der Waals surface area contributed by atoms with E-state index < -0.39 is 23.2 Å². The highest BCUT2D eigenvalue weighted by molar-refractivity contribution is 7.15. The summed E-state index contributed by atoms with van der Waals surface area (Å²) in [6, 6.07) is 6.81. The standard InChI is InChI=1S/C23H15Cl2F3N4O2S/c1-31-17-6-5-15(16-10-30-22(25)35-16)32(17)21(34)18(20(31)33)11-3-2-4-12(7-11)19-14(24)8-13(9-29-19)23(26,27)28/h2-4,7-10,15H,5-6H2,1H3. The van der Waals surface area contributed by atoms with E-state index in [0.29, 0.717) is 40.5 Å². The highest BCUT2D eigenvalue weighted by Crippen LogP contribution is 2.37. The zero-order valence-electron chi connectivity index (χ0n) is 17.9. The molecule has 12 heteroatoms. The normalized spacial score (nSPS) is 15.4. The van der Waals surface area contributed by atoms with Crippen molar-refractivity contribution in [2.24, 2.45) is 7.05 Å². The van der Waals surface area contributed by atoms with Crippen molar-refractivity contribution in [1.29, 1.82) is 0 Å². The van der Waals surface area contributed by atoms with Crippen molar-refractivity contribution >= 4 is 34.5 Å². The van der Waals surface area contributed by atoms with Crippen LogP contribution in [0.4, 0.5) is 13.2 Å². The smallest absolute Gasteiger partial charge is 0.417 e. The van der Waals surface area contributed by atoms with Crippen LogP contribution in [0, 0.1) is 0 Å². The van der Waals surface area contributed by atoms with Crippen LogP contribution >= 0.6 is 34.5 Å². The van der Waals surface area contributed by atoms with Crippen LogP contribution < -0.4 is 15.2 Å². The van der Waals surface area contributed by atoms with Gasteiger partial charge in [-0.05, 0) is 17.7 Å². The summed E-state index contributed by atoms with van der Waals surface area (Å²) in [4.78, 5) is 22.0. The van der Waals surface area contributed by atoms with E-state index in [9.17, 15) is 23.1 Å². The number of pyridine rings is 1. The first kappa shape index (κ1) is 23.8. The van der Waals surface area contributed by atoms with Crippen molar-refractivity contribution in [1.82, 2.24) is 14.5 Å². The van der Waals surface area contributed by atoms with Gasteiger partial charge in [-0.2, -0.15) is 17.7 Å². The van der Waals surface area contributed by atoms with Crippen LogP contribution in [0.3, 0.4) is 0 Å². The molecule has 4 aromatic rings. The van der Waals surface area contributed by atoms with E-state index in [1.165, 1.54) is 22.0 Å². The van der Waals surface area contributed by atoms with E-state index in [1.54, 1.807) is 36.0 Å². The second kappa shape index (κ2) is 8.61. The lowest BCUT2D eigenvalue weighted by atomic mass is 10.0. The maximum atomic E-state index is 13.6. The molecule has 1 unspecified atom stereocenters. The van der Waals surface area contributed by atoms with Crippen LogP contribution in [-0.4, -0.2) is 14.5 Å². The molecule has 0 N–H and O–H groups in total. The minimum Gasteiger partial charge on any atom is -0.842 e. The number of rotatable bonds is 3. The Morgan fingerprint density at radius 2 is 1.91 bits per heavy atom. The molecule has 1 aromatic carbocycles. The van der Waals surface area contributed by atoms with Crippen molar-refractivity contribution < 1.29 is 22.8 Å². The largest absolute Gasteiger partial charge is 0.842 e. The number of nitrogens with zero attached hydrogens (tertiary/aromatic N) is 4. The van der Waals surface area contributed by atoms with Gasteiger partial charge < -0.3 is 5.11 Å². The SMILES string of the molecule is Cn1c2[n+](c([O-])c(-c3cccc(-c4ncc(C(F)(F)F)cc4Cl)c3)c1=O)C(c1cnc(Cl)s1)CC2. The summed E-state index contributed by atoms with van der Waals surface area (Å²) < 4.78 is 42.4. The number of hydrogen-bond acceptors (Lipinski definition) is 5. The Morgan fingerprint density at radius 1 is 1.17 bits per heavy atom. The minimum atomic E-state index is -4.58. The van der Waals surface area contributed by atoms with Crippen LogP contribution in [-0.2, 0) is 19.6 Å². The van der Waals surface area contributed by atoms with Gasteiger partial charge in [0.25, 0.3) is 5.82 Å². The van der Waals surface area contributed by atoms with E-state index >= 15 is 0 Å². The molecule has 0 bridgehead atoms. The second-order valence-electron chi connectivity index (χ2n) is 8.03. The number of aromatic nitrogens is 4. The molecule has 0 radical (unpaired) electrons. The Balaban J connectivity index is 1.64. The van der Waals surface area contributed by atoms with E-state index in [2.05, 4.69) is 9.97 Å². The highest BCUT2D eigenvalue weighted by atomic mass is 35.5. The molecular formula is C23H15Cl2F3N4O2S. The van der Waals surface area contributed by atoms with E-state index in [-0.39, 0.29) is 22.3 Å². The summed E-state index contributed by atoms with van der Waals surface area (Å²) in [6.45, 7) is 0. The average molecular weight is 539 g/mol. The van der Waals surface area contributed by atoms with Gasteiger partial charge in [0.1, 0.15) is 11.6 Å². The van der Waals surface area contributed by atoms with Crippen LogP contribution in [0.1, 0.15) is 28.7 Å². The number of alkyl halides is 3. The summed E-state index contributed by atoms with van der Waals surface area (Å²) in [5.74, 6) is 0.139. The van der Waals surface area contributed by atoms with Crippen molar-refractivity contribution in [3.63, 3.8) is 0 Å². The quantitative estimate of drug-likeness (QED) is 0.351. The zero-order chi connectivity index (χ0) is 25.1. The van der Waals surface area contributed by atoms with Gasteiger partial charge in [-0.15, -0.1) is 11.3 Å². The molecule has 0 saturated heterocycles. The molecule has 0 fully saturated rings. The molecule has 1 atom stereocenters. The molecule has 0 amide bonds. The topological polar surface area (TPSA) is 74.7 Å². The molecule has 35 heavy (non-hydrogen) atoms. The number of benzene rings is 1. The van der Waals surface area contributed by atoms with Crippen molar-refractivity contribution in [3.05, 3.63) is 78.8 Å². The highest BCUT2D eigenvalue weighted by Gasteiger charge is 2.36. The second-order valence-corrected chi connectivity index (χ2v) is 10.1. The predicted molar refractivity (Wildman–Crippen MR) is 124 cm³/mol. The van der Waals surface area contributed by atoms with Gasteiger partial charge in [0.15, 0.2) is 4.47 Å². The summed E-state index contributed by atoms with van der Waals surface area (Å²) in [6.07, 6.45) is -1.10. The monoisotopic (exact) mass is 538 g/mol.